The Hall–Kier alpha value is -3.05. The molecule has 0 saturated heterocycles. The molecule has 2 nitrogen and oxygen atoms in total. The van der Waals surface area contributed by atoms with Crippen LogP contribution in [-0.2, 0) is 12.6 Å². The Morgan fingerprint density at radius 3 is 1.97 bits per heavy atom. The molecular formula is C29H35F3N2. The predicted octanol–water partition coefficient (Wildman–Crippen LogP) is 7.78. The molecule has 1 unspecified atom stereocenters. The summed E-state index contributed by atoms with van der Waals surface area (Å²) in [6.07, 6.45) is -2.82. The average Bonchev–Trinajstić information content (AvgIpc) is 2.86. The van der Waals surface area contributed by atoms with Gasteiger partial charge in [-0.05, 0) is 48.6 Å². The number of likely N-dealkylation sites (N-methyl/N-ethyl adjacent to an activating group) is 1. The largest absolute Gasteiger partial charge is 0.416 e. The van der Waals surface area contributed by atoms with Crippen LogP contribution >= 0.6 is 0 Å². The molecule has 5 heteroatoms. The van der Waals surface area contributed by atoms with Gasteiger partial charge in [-0.1, -0.05) is 92.7 Å². The van der Waals surface area contributed by atoms with E-state index in [0.717, 1.165) is 41.8 Å². The summed E-state index contributed by atoms with van der Waals surface area (Å²) in [5, 5.41) is 6.76. The number of halogens is 3. The van der Waals surface area contributed by atoms with Crippen molar-refractivity contribution < 1.29 is 13.2 Å². The van der Waals surface area contributed by atoms with Crippen LogP contribution in [0, 0.1) is 6.92 Å². The number of rotatable bonds is 9. The van der Waals surface area contributed by atoms with E-state index in [2.05, 4.69) is 41.5 Å². The van der Waals surface area contributed by atoms with E-state index in [-0.39, 0.29) is 12.1 Å². The Morgan fingerprint density at radius 1 is 0.853 bits per heavy atom. The molecule has 182 valence electrons. The molecule has 3 rings (SSSR count). The van der Waals surface area contributed by atoms with Gasteiger partial charge in [0.15, 0.2) is 0 Å². The fourth-order valence-electron chi connectivity index (χ4n) is 3.71. The van der Waals surface area contributed by atoms with Gasteiger partial charge in [-0.15, -0.1) is 0 Å². The third-order valence-corrected chi connectivity index (χ3v) is 5.65. The average molecular weight is 469 g/mol. The van der Waals surface area contributed by atoms with Crippen molar-refractivity contribution in [1.82, 2.24) is 10.6 Å². The van der Waals surface area contributed by atoms with E-state index in [1.807, 2.05) is 58.2 Å². The SMILES string of the molecule is C=C(NC)[C@@H](NC(CCc1ccc(C)cc1)c1ccc(C(F)(F)F)cc1)c1ccccc1.CC. The van der Waals surface area contributed by atoms with Crippen LogP contribution in [0.25, 0.3) is 0 Å². The van der Waals surface area contributed by atoms with Crippen LogP contribution in [0.4, 0.5) is 13.2 Å². The van der Waals surface area contributed by atoms with E-state index >= 15 is 0 Å². The van der Waals surface area contributed by atoms with Gasteiger partial charge in [-0.25, -0.2) is 0 Å². The second-order valence-corrected chi connectivity index (χ2v) is 7.98. The second-order valence-electron chi connectivity index (χ2n) is 7.98. The first kappa shape index (κ1) is 27.2. The zero-order valence-corrected chi connectivity index (χ0v) is 20.4. The lowest BCUT2D eigenvalue weighted by molar-refractivity contribution is -0.137. The Kier molecular flexibility index (Phi) is 10.4. The molecule has 0 aliphatic rings. The van der Waals surface area contributed by atoms with Crippen molar-refractivity contribution in [1.29, 1.82) is 0 Å². The number of hydrogen-bond donors (Lipinski definition) is 2. The van der Waals surface area contributed by atoms with Crippen molar-refractivity contribution in [2.24, 2.45) is 0 Å². The molecule has 0 aromatic heterocycles. The quantitative estimate of drug-likeness (QED) is 0.335. The maximum absolute atomic E-state index is 13.1. The van der Waals surface area contributed by atoms with E-state index in [1.165, 1.54) is 11.1 Å². The summed E-state index contributed by atoms with van der Waals surface area (Å²) in [5.41, 5.74) is 4.40. The maximum atomic E-state index is 13.1. The minimum Gasteiger partial charge on any atom is -0.390 e. The predicted molar refractivity (Wildman–Crippen MR) is 136 cm³/mol. The van der Waals surface area contributed by atoms with Crippen LogP contribution in [0.5, 0.6) is 0 Å². The van der Waals surface area contributed by atoms with Crippen LogP contribution in [0.2, 0.25) is 0 Å². The highest BCUT2D eigenvalue weighted by Gasteiger charge is 2.30. The maximum Gasteiger partial charge on any atom is 0.416 e. The second kappa shape index (κ2) is 13.0. The highest BCUT2D eigenvalue weighted by atomic mass is 19.4. The molecule has 0 aliphatic heterocycles. The van der Waals surface area contributed by atoms with E-state index in [9.17, 15) is 13.2 Å². The van der Waals surface area contributed by atoms with E-state index < -0.39 is 11.7 Å². The van der Waals surface area contributed by atoms with Crippen LogP contribution in [0.3, 0.4) is 0 Å². The van der Waals surface area contributed by atoms with Gasteiger partial charge in [-0.3, -0.25) is 5.32 Å². The van der Waals surface area contributed by atoms with Crippen LogP contribution in [0.15, 0.2) is 91.1 Å². The fourth-order valence-corrected chi connectivity index (χ4v) is 3.71. The molecule has 0 aliphatic carbocycles. The molecule has 0 heterocycles. The summed E-state index contributed by atoms with van der Waals surface area (Å²) in [4.78, 5) is 0. The third kappa shape index (κ3) is 7.77. The first-order valence-electron chi connectivity index (χ1n) is 11.7. The van der Waals surface area contributed by atoms with Crippen LogP contribution < -0.4 is 10.6 Å². The summed E-state index contributed by atoms with van der Waals surface area (Å²) in [6.45, 7) is 10.2. The number of hydrogen-bond acceptors (Lipinski definition) is 2. The minimum atomic E-state index is -4.35. The number of aryl methyl sites for hydroxylation is 2. The van der Waals surface area contributed by atoms with Gasteiger partial charge in [0.25, 0.3) is 0 Å². The Balaban J connectivity index is 0.00000199. The summed E-state index contributed by atoms with van der Waals surface area (Å²) in [5.74, 6) is 0. The standard InChI is InChI=1S/C27H29F3N2.C2H6/c1-19-9-11-21(12-10-19)13-18-25(22-14-16-24(17-15-22)27(28,29)30)32-26(20(2)31-3)23-7-5-4-6-8-23;1-2/h4-12,14-17,25-26,31-32H,2,13,18H2,1,3H3;1-2H3/t25?,26-;/m1./s1. The molecule has 0 spiro atoms. The highest BCUT2D eigenvalue weighted by molar-refractivity contribution is 5.31. The zero-order chi connectivity index (χ0) is 25.1. The van der Waals surface area contributed by atoms with Gasteiger partial charge >= 0.3 is 6.18 Å². The summed E-state index contributed by atoms with van der Waals surface area (Å²) in [6, 6.07) is 23.4. The van der Waals surface area contributed by atoms with E-state index in [1.54, 1.807) is 12.1 Å². The first-order valence-corrected chi connectivity index (χ1v) is 11.7. The van der Waals surface area contributed by atoms with Crippen molar-refractivity contribution in [2.45, 2.75) is 51.9 Å². The van der Waals surface area contributed by atoms with Crippen molar-refractivity contribution in [3.05, 3.63) is 119 Å². The number of benzene rings is 3. The van der Waals surface area contributed by atoms with E-state index in [0.29, 0.717) is 0 Å². The molecule has 34 heavy (non-hydrogen) atoms. The molecule has 2 N–H and O–H groups in total. The van der Waals surface area contributed by atoms with Gasteiger partial charge in [0.05, 0.1) is 11.6 Å². The van der Waals surface area contributed by atoms with Crippen LogP contribution in [0.1, 0.15) is 60.2 Å². The molecule has 0 radical (unpaired) electrons. The lowest BCUT2D eigenvalue weighted by Crippen LogP contribution is -2.31. The Labute approximate surface area is 201 Å². The van der Waals surface area contributed by atoms with Gasteiger partial charge in [0.2, 0.25) is 0 Å². The van der Waals surface area contributed by atoms with Gasteiger partial charge in [-0.2, -0.15) is 13.2 Å². The lowest BCUT2D eigenvalue weighted by Gasteiger charge is -2.28. The van der Waals surface area contributed by atoms with Gasteiger partial charge in [0.1, 0.15) is 0 Å². The molecule has 2 atom stereocenters. The number of nitrogens with one attached hydrogen (secondary N) is 2. The molecule has 0 saturated carbocycles. The van der Waals surface area contributed by atoms with Gasteiger partial charge < -0.3 is 5.32 Å². The zero-order valence-electron chi connectivity index (χ0n) is 20.4. The Bertz CT molecular complexity index is 994. The van der Waals surface area contributed by atoms with Crippen molar-refractivity contribution in [3.8, 4) is 0 Å². The molecule has 0 amide bonds. The topological polar surface area (TPSA) is 24.1 Å². The Morgan fingerprint density at radius 2 is 1.44 bits per heavy atom. The molecular weight excluding hydrogens is 433 g/mol. The van der Waals surface area contributed by atoms with Crippen LogP contribution in [-0.4, -0.2) is 7.05 Å². The van der Waals surface area contributed by atoms with Crippen molar-refractivity contribution in [3.63, 3.8) is 0 Å². The molecule has 3 aromatic carbocycles. The minimum absolute atomic E-state index is 0.158. The molecule has 0 bridgehead atoms. The van der Waals surface area contributed by atoms with E-state index in [4.69, 9.17) is 0 Å². The monoisotopic (exact) mass is 468 g/mol. The smallest absolute Gasteiger partial charge is 0.390 e. The van der Waals surface area contributed by atoms with Crippen molar-refractivity contribution >= 4 is 0 Å². The number of alkyl halides is 3. The normalized spacial score (nSPS) is 12.8. The summed E-state index contributed by atoms with van der Waals surface area (Å²) in [7, 11) is 1.82. The highest BCUT2D eigenvalue weighted by Crippen LogP contribution is 2.32. The molecule has 0 fully saturated rings. The first-order chi connectivity index (χ1) is 16.3. The van der Waals surface area contributed by atoms with Crippen molar-refractivity contribution in [2.75, 3.05) is 7.05 Å². The third-order valence-electron chi connectivity index (χ3n) is 5.65. The summed E-state index contributed by atoms with van der Waals surface area (Å²) < 4.78 is 39.2. The summed E-state index contributed by atoms with van der Waals surface area (Å²) >= 11 is 0. The van der Waals surface area contributed by atoms with Gasteiger partial charge in [0, 0.05) is 18.8 Å². The lowest BCUT2D eigenvalue weighted by atomic mass is 9.95. The molecule has 3 aromatic rings. The fraction of sp³-hybridized carbons (Fsp3) is 0.310.